The molecule has 2 aromatic rings. The highest BCUT2D eigenvalue weighted by atomic mass is 16.3. The molecule has 31 heavy (non-hydrogen) atoms. The zero-order valence-corrected chi connectivity index (χ0v) is 17.5. The Bertz CT molecular complexity index is 1010. The molecule has 4 rings (SSSR count). The minimum Gasteiger partial charge on any atom is -0.385 e. The van der Waals surface area contributed by atoms with E-state index in [1.807, 2.05) is 31.3 Å². The lowest BCUT2D eigenvalue weighted by molar-refractivity contribution is -0.127. The van der Waals surface area contributed by atoms with Gasteiger partial charge in [-0.3, -0.25) is 14.9 Å². The second kappa shape index (κ2) is 8.13. The van der Waals surface area contributed by atoms with Gasteiger partial charge in [0.1, 0.15) is 11.6 Å². The Balaban J connectivity index is 1.44. The molecule has 8 nitrogen and oxygen atoms in total. The first-order chi connectivity index (χ1) is 14.8. The highest BCUT2D eigenvalue weighted by Gasteiger charge is 2.48. The predicted molar refractivity (Wildman–Crippen MR) is 115 cm³/mol. The number of amides is 4. The van der Waals surface area contributed by atoms with Gasteiger partial charge in [0.05, 0.1) is 0 Å². The van der Waals surface area contributed by atoms with E-state index in [2.05, 4.69) is 20.9 Å². The van der Waals surface area contributed by atoms with E-state index in [9.17, 15) is 19.5 Å². The van der Waals surface area contributed by atoms with Crippen LogP contribution in [-0.2, 0) is 4.79 Å². The van der Waals surface area contributed by atoms with E-state index in [1.54, 1.807) is 24.3 Å². The first-order valence-electron chi connectivity index (χ1n) is 10.3. The zero-order chi connectivity index (χ0) is 22.2. The highest BCUT2D eigenvalue weighted by Crippen LogP contribution is 2.30. The van der Waals surface area contributed by atoms with Crippen LogP contribution in [0.15, 0.2) is 48.5 Å². The molecule has 2 aromatic carbocycles. The van der Waals surface area contributed by atoms with Gasteiger partial charge in [0.25, 0.3) is 11.8 Å². The topological polar surface area (TPSA) is 111 Å². The van der Waals surface area contributed by atoms with E-state index in [1.165, 1.54) is 6.92 Å². The summed E-state index contributed by atoms with van der Waals surface area (Å²) in [6.45, 7) is 3.34. The minimum atomic E-state index is -1.41. The number of likely N-dealkylation sites (N-methyl/N-ethyl adjacent to an activating group) is 1. The number of aliphatic hydroxyl groups is 1. The summed E-state index contributed by atoms with van der Waals surface area (Å²) >= 11 is 0. The fourth-order valence-corrected chi connectivity index (χ4v) is 4.08. The number of carbonyl (C=O) groups is 3. The third kappa shape index (κ3) is 4.17. The first kappa shape index (κ1) is 21.0. The molecule has 3 atom stereocenters. The number of urea groups is 1. The van der Waals surface area contributed by atoms with Crippen LogP contribution in [0, 0.1) is 0 Å². The van der Waals surface area contributed by atoms with E-state index in [-0.39, 0.29) is 11.9 Å². The van der Waals surface area contributed by atoms with Crippen molar-refractivity contribution in [3.05, 3.63) is 59.7 Å². The SMILES string of the molecule is CN1CCC(NC(=O)c2ccc(-c3ccc(C(O)C4(C)NC(=O)NC4=O)cc3)cc2)C1. The van der Waals surface area contributed by atoms with E-state index in [4.69, 9.17) is 0 Å². The zero-order valence-electron chi connectivity index (χ0n) is 17.5. The molecule has 2 aliphatic rings. The van der Waals surface area contributed by atoms with Crippen LogP contribution in [0.4, 0.5) is 4.79 Å². The van der Waals surface area contributed by atoms with Crippen LogP contribution in [0.5, 0.6) is 0 Å². The van der Waals surface area contributed by atoms with Crippen LogP contribution in [0.2, 0.25) is 0 Å². The summed E-state index contributed by atoms with van der Waals surface area (Å²) in [6.07, 6.45) is -0.225. The average molecular weight is 422 g/mol. The van der Waals surface area contributed by atoms with Gasteiger partial charge in [-0.05, 0) is 55.8 Å². The van der Waals surface area contributed by atoms with Crippen molar-refractivity contribution < 1.29 is 19.5 Å². The van der Waals surface area contributed by atoms with Crippen molar-refractivity contribution in [2.45, 2.75) is 31.0 Å². The van der Waals surface area contributed by atoms with Gasteiger partial charge in [-0.2, -0.15) is 0 Å². The number of carbonyl (C=O) groups excluding carboxylic acids is 3. The molecule has 2 heterocycles. The summed E-state index contributed by atoms with van der Waals surface area (Å²) < 4.78 is 0. The van der Waals surface area contributed by atoms with Crippen LogP contribution >= 0.6 is 0 Å². The summed E-state index contributed by atoms with van der Waals surface area (Å²) in [5.41, 5.74) is 1.55. The second-order valence-corrected chi connectivity index (χ2v) is 8.43. The number of aliphatic hydroxyl groups excluding tert-OH is 1. The van der Waals surface area contributed by atoms with Crippen molar-refractivity contribution in [1.29, 1.82) is 0 Å². The van der Waals surface area contributed by atoms with Gasteiger partial charge in [-0.1, -0.05) is 36.4 Å². The molecular weight excluding hydrogens is 396 g/mol. The summed E-state index contributed by atoms with van der Waals surface area (Å²) in [5, 5.41) is 18.3. The van der Waals surface area contributed by atoms with E-state index in [0.29, 0.717) is 11.1 Å². The van der Waals surface area contributed by atoms with E-state index >= 15 is 0 Å². The maximum absolute atomic E-state index is 12.5. The molecule has 0 spiro atoms. The fraction of sp³-hybridized carbons (Fsp3) is 0.348. The monoisotopic (exact) mass is 422 g/mol. The minimum absolute atomic E-state index is 0.0737. The van der Waals surface area contributed by atoms with Crippen molar-refractivity contribution in [1.82, 2.24) is 20.9 Å². The molecule has 2 fully saturated rings. The van der Waals surface area contributed by atoms with Gasteiger partial charge in [-0.25, -0.2) is 4.79 Å². The number of nitrogens with zero attached hydrogens (tertiary/aromatic N) is 1. The van der Waals surface area contributed by atoms with Crippen molar-refractivity contribution in [2.24, 2.45) is 0 Å². The Hall–Kier alpha value is -3.23. The third-order valence-corrected chi connectivity index (χ3v) is 6.05. The quantitative estimate of drug-likeness (QED) is 0.545. The molecule has 0 saturated carbocycles. The Labute approximate surface area is 180 Å². The molecule has 3 unspecified atom stereocenters. The van der Waals surface area contributed by atoms with Crippen LogP contribution in [0.25, 0.3) is 11.1 Å². The lowest BCUT2D eigenvalue weighted by atomic mass is 9.88. The number of hydrogen-bond donors (Lipinski definition) is 4. The number of imide groups is 1. The molecule has 4 N–H and O–H groups in total. The van der Waals surface area contributed by atoms with Crippen molar-refractivity contribution in [3.63, 3.8) is 0 Å². The highest BCUT2D eigenvalue weighted by molar-refractivity contribution is 6.07. The maximum atomic E-state index is 12.5. The molecule has 162 valence electrons. The summed E-state index contributed by atoms with van der Waals surface area (Å²) in [5.74, 6) is -0.636. The van der Waals surface area contributed by atoms with Crippen molar-refractivity contribution >= 4 is 17.8 Å². The van der Waals surface area contributed by atoms with Gasteiger partial charge in [0.15, 0.2) is 0 Å². The van der Waals surface area contributed by atoms with Crippen molar-refractivity contribution in [3.8, 4) is 11.1 Å². The fourth-order valence-electron chi connectivity index (χ4n) is 4.08. The van der Waals surface area contributed by atoms with Crippen LogP contribution < -0.4 is 16.0 Å². The number of hydrogen-bond acceptors (Lipinski definition) is 5. The molecule has 0 bridgehead atoms. The van der Waals surface area contributed by atoms with Crippen LogP contribution in [0.3, 0.4) is 0 Å². The number of benzene rings is 2. The Morgan fingerprint density at radius 1 is 1.13 bits per heavy atom. The third-order valence-electron chi connectivity index (χ3n) is 6.05. The van der Waals surface area contributed by atoms with Crippen LogP contribution in [0.1, 0.15) is 35.4 Å². The molecule has 0 aromatic heterocycles. The Morgan fingerprint density at radius 2 is 1.74 bits per heavy atom. The normalized spacial score (nSPS) is 24.5. The standard InChI is InChI=1S/C23H26N4O4/c1-23(21(30)25-22(31)26-23)19(28)16-7-3-14(4-8-16)15-5-9-17(10-6-15)20(29)24-18-11-12-27(2)13-18/h3-10,18-19,28H,11-13H2,1-2H3,(H,24,29)(H2,25,26,30,31). The predicted octanol–water partition coefficient (Wildman–Crippen LogP) is 1.42. The van der Waals surface area contributed by atoms with Gasteiger partial charge in [-0.15, -0.1) is 0 Å². The molecule has 8 heteroatoms. The summed E-state index contributed by atoms with van der Waals surface area (Å²) in [4.78, 5) is 38.1. The van der Waals surface area contributed by atoms with E-state index < -0.39 is 23.6 Å². The summed E-state index contributed by atoms with van der Waals surface area (Å²) in [7, 11) is 2.05. The molecular formula is C23H26N4O4. The molecule has 2 saturated heterocycles. The number of likely N-dealkylation sites (tertiary alicyclic amines) is 1. The average Bonchev–Trinajstić information content (AvgIpc) is 3.29. The second-order valence-electron chi connectivity index (χ2n) is 8.43. The molecule has 4 amide bonds. The van der Waals surface area contributed by atoms with Crippen molar-refractivity contribution in [2.75, 3.05) is 20.1 Å². The largest absolute Gasteiger partial charge is 0.385 e. The Morgan fingerprint density at radius 3 is 2.26 bits per heavy atom. The molecule has 0 radical (unpaired) electrons. The lowest BCUT2D eigenvalue weighted by Crippen LogP contribution is -2.49. The van der Waals surface area contributed by atoms with Gasteiger partial charge >= 0.3 is 6.03 Å². The maximum Gasteiger partial charge on any atom is 0.322 e. The Kier molecular flexibility index (Phi) is 5.51. The van der Waals surface area contributed by atoms with Gasteiger partial charge in [0.2, 0.25) is 0 Å². The number of nitrogens with one attached hydrogen (secondary N) is 3. The first-order valence-corrected chi connectivity index (χ1v) is 10.3. The number of rotatable bonds is 5. The van der Waals surface area contributed by atoms with E-state index in [0.717, 1.165) is 30.6 Å². The molecule has 0 aliphatic carbocycles. The summed E-state index contributed by atoms with van der Waals surface area (Å²) in [6, 6.07) is 14.0. The van der Waals surface area contributed by atoms with Crippen LogP contribution in [-0.4, -0.2) is 59.6 Å². The molecule has 2 aliphatic heterocycles. The van der Waals surface area contributed by atoms with Gasteiger partial charge < -0.3 is 20.6 Å². The van der Waals surface area contributed by atoms with Gasteiger partial charge in [0, 0.05) is 18.2 Å². The smallest absolute Gasteiger partial charge is 0.322 e. The lowest BCUT2D eigenvalue weighted by Gasteiger charge is -2.27.